The molecule has 8 nitrogen and oxygen atoms in total. The highest BCUT2D eigenvalue weighted by Crippen LogP contribution is 2.34. The number of amides is 1. The van der Waals surface area contributed by atoms with Gasteiger partial charge in [0.25, 0.3) is 5.19 Å². The zero-order chi connectivity index (χ0) is 21.1. The molecule has 164 valence electrons. The largest absolute Gasteiger partial charge is 0.477 e. The lowest BCUT2D eigenvalue weighted by Crippen LogP contribution is -2.40. The van der Waals surface area contributed by atoms with Crippen LogP contribution in [0.5, 0.6) is 11.1 Å². The molecule has 0 spiro atoms. The molecule has 0 aliphatic heterocycles. The van der Waals surface area contributed by atoms with Crippen molar-refractivity contribution >= 4 is 27.6 Å². The fraction of sp³-hybridized carbons (Fsp3) is 0.667. The van der Waals surface area contributed by atoms with Crippen LogP contribution in [0.2, 0.25) is 0 Å². The van der Waals surface area contributed by atoms with Gasteiger partial charge in [0.2, 0.25) is 11.8 Å². The number of rotatable bonds is 10. The fourth-order valence-corrected chi connectivity index (χ4v) is 4.53. The van der Waals surface area contributed by atoms with Crippen LogP contribution in [-0.2, 0) is 14.3 Å². The predicted molar refractivity (Wildman–Crippen MR) is 113 cm³/mol. The Bertz CT molecular complexity index is 863. The molecule has 2 aromatic heterocycles. The van der Waals surface area contributed by atoms with Gasteiger partial charge in [0.05, 0.1) is 25.4 Å². The minimum Gasteiger partial charge on any atom is -0.477 e. The molecule has 2 saturated carbocycles. The third-order valence-electron chi connectivity index (χ3n) is 5.55. The van der Waals surface area contributed by atoms with Gasteiger partial charge in [0, 0.05) is 39.0 Å². The third-order valence-corrected chi connectivity index (χ3v) is 6.41. The Kier molecular flexibility index (Phi) is 6.70. The lowest BCUT2D eigenvalue weighted by Gasteiger charge is -2.35. The van der Waals surface area contributed by atoms with E-state index < -0.39 is 0 Å². The van der Waals surface area contributed by atoms with Crippen LogP contribution in [0, 0.1) is 5.92 Å². The van der Waals surface area contributed by atoms with E-state index in [1.807, 2.05) is 19.1 Å². The van der Waals surface area contributed by atoms with E-state index in [1.54, 1.807) is 7.11 Å². The van der Waals surface area contributed by atoms with Crippen molar-refractivity contribution in [1.82, 2.24) is 15.3 Å². The van der Waals surface area contributed by atoms with E-state index in [4.69, 9.17) is 18.9 Å². The van der Waals surface area contributed by atoms with Crippen molar-refractivity contribution in [3.8, 4) is 11.1 Å². The average molecular weight is 436 g/mol. The van der Waals surface area contributed by atoms with Crippen molar-refractivity contribution in [2.45, 2.75) is 63.9 Å². The van der Waals surface area contributed by atoms with Gasteiger partial charge < -0.3 is 24.3 Å². The zero-order valence-corrected chi connectivity index (χ0v) is 18.4. The number of carbonyl (C=O) groups is 1. The van der Waals surface area contributed by atoms with Crippen LogP contribution in [0.4, 0.5) is 0 Å². The Hall–Kier alpha value is -1.97. The second-order valence-electron chi connectivity index (χ2n) is 8.23. The number of hydrogen-bond acceptors (Lipinski definition) is 8. The summed E-state index contributed by atoms with van der Waals surface area (Å²) in [5.74, 6) is 1.05. The number of hydrogen-bond donors (Lipinski definition) is 1. The molecule has 2 aromatic rings. The minimum absolute atomic E-state index is 0.0298. The normalized spacial score (nSPS) is 26.5. The van der Waals surface area contributed by atoms with Crippen molar-refractivity contribution < 1.29 is 23.7 Å². The Morgan fingerprint density at radius 3 is 2.73 bits per heavy atom. The van der Waals surface area contributed by atoms with Gasteiger partial charge in [0.1, 0.15) is 11.6 Å². The molecule has 2 aliphatic rings. The maximum atomic E-state index is 11.0. The topological polar surface area (TPSA) is 91.8 Å². The van der Waals surface area contributed by atoms with Gasteiger partial charge in [-0.2, -0.15) is 0 Å². The summed E-state index contributed by atoms with van der Waals surface area (Å²) in [6, 6.07) is 3.82. The van der Waals surface area contributed by atoms with Crippen LogP contribution in [0.3, 0.4) is 0 Å². The van der Waals surface area contributed by atoms with Gasteiger partial charge in [-0.3, -0.25) is 4.79 Å². The molecule has 2 aliphatic carbocycles. The van der Waals surface area contributed by atoms with Crippen LogP contribution in [0.15, 0.2) is 12.1 Å². The first kappa shape index (κ1) is 21.3. The van der Waals surface area contributed by atoms with Crippen LogP contribution >= 0.6 is 11.3 Å². The number of carbonyl (C=O) groups excluding carboxylic acids is 1. The van der Waals surface area contributed by atoms with E-state index in [9.17, 15) is 4.79 Å². The van der Waals surface area contributed by atoms with Gasteiger partial charge >= 0.3 is 0 Å². The molecule has 9 heteroatoms. The highest BCUT2D eigenvalue weighted by atomic mass is 32.1. The van der Waals surface area contributed by atoms with Gasteiger partial charge in [-0.1, -0.05) is 11.3 Å². The Morgan fingerprint density at radius 2 is 2.00 bits per heavy atom. The summed E-state index contributed by atoms with van der Waals surface area (Å²) in [6.07, 6.45) is 4.49. The Balaban J connectivity index is 1.18. The maximum absolute atomic E-state index is 11.0. The molecule has 2 fully saturated rings. The van der Waals surface area contributed by atoms with Crippen molar-refractivity contribution in [2.75, 3.05) is 20.3 Å². The highest BCUT2D eigenvalue weighted by Gasteiger charge is 2.32. The highest BCUT2D eigenvalue weighted by molar-refractivity contribution is 7.19. The predicted octanol–water partition coefficient (Wildman–Crippen LogP) is 2.95. The Morgan fingerprint density at radius 1 is 1.20 bits per heavy atom. The molecule has 1 N–H and O–H groups in total. The molecular formula is C21H29N3O5S. The first-order valence-electron chi connectivity index (χ1n) is 10.5. The number of pyridine rings is 1. The molecule has 0 radical (unpaired) electrons. The number of thiazole rings is 1. The molecule has 0 saturated heterocycles. The van der Waals surface area contributed by atoms with Gasteiger partial charge in [-0.05, 0) is 31.7 Å². The monoisotopic (exact) mass is 435 g/mol. The molecule has 0 aromatic carbocycles. The number of methoxy groups -OCH3 is 1. The first-order valence-corrected chi connectivity index (χ1v) is 11.3. The number of aromatic nitrogens is 2. The molecule has 0 bridgehead atoms. The van der Waals surface area contributed by atoms with Crippen molar-refractivity contribution in [2.24, 2.45) is 5.92 Å². The summed E-state index contributed by atoms with van der Waals surface area (Å²) in [6.45, 7) is 4.63. The first-order chi connectivity index (χ1) is 14.5. The summed E-state index contributed by atoms with van der Waals surface area (Å²) in [5, 5.41) is 3.48. The fourth-order valence-electron chi connectivity index (χ4n) is 3.68. The Labute approximate surface area is 180 Å². The van der Waals surface area contributed by atoms with Crippen LogP contribution in [0.1, 0.15) is 39.5 Å². The third kappa shape index (κ3) is 5.39. The molecule has 30 heavy (non-hydrogen) atoms. The molecule has 1 atom stereocenters. The summed E-state index contributed by atoms with van der Waals surface area (Å²) >= 11 is 1.45. The standard InChI is InChI=1S/C21H29N3O5S/c1-12(22-13(2)25)10-27-16-6-14(7-16)11-28-19-5-4-18-20(24-19)30-21(23-18)29-17-8-15(9-17)26-3/h4-5,12,14-17H,6-11H2,1-3H3,(H,22,25)/t12-,14?,15?,16?,17?/m0/s1. The van der Waals surface area contributed by atoms with E-state index >= 15 is 0 Å². The summed E-state index contributed by atoms with van der Waals surface area (Å²) in [5.41, 5.74) is 0.829. The van der Waals surface area contributed by atoms with E-state index in [2.05, 4.69) is 15.3 Å². The van der Waals surface area contributed by atoms with E-state index in [0.717, 1.165) is 36.0 Å². The zero-order valence-electron chi connectivity index (χ0n) is 17.6. The van der Waals surface area contributed by atoms with Gasteiger partial charge in [-0.15, -0.1) is 0 Å². The molecular weight excluding hydrogens is 406 g/mol. The van der Waals surface area contributed by atoms with Gasteiger partial charge in [0.15, 0.2) is 4.83 Å². The summed E-state index contributed by atoms with van der Waals surface area (Å²) in [4.78, 5) is 20.9. The molecule has 4 rings (SSSR count). The van der Waals surface area contributed by atoms with Gasteiger partial charge in [-0.25, -0.2) is 9.97 Å². The smallest absolute Gasteiger partial charge is 0.276 e. The summed E-state index contributed by atoms with van der Waals surface area (Å²) in [7, 11) is 1.73. The number of nitrogens with zero attached hydrogens (tertiary/aromatic N) is 2. The number of fused-ring (bicyclic) bond motifs is 1. The van der Waals surface area contributed by atoms with Crippen molar-refractivity contribution in [3.63, 3.8) is 0 Å². The molecule has 2 heterocycles. The molecule has 1 amide bonds. The van der Waals surface area contributed by atoms with Crippen molar-refractivity contribution in [3.05, 3.63) is 12.1 Å². The summed E-state index contributed by atoms with van der Waals surface area (Å²) < 4.78 is 22.9. The lowest BCUT2D eigenvalue weighted by molar-refractivity contribution is -0.120. The van der Waals surface area contributed by atoms with Crippen LogP contribution in [0.25, 0.3) is 10.3 Å². The SMILES string of the molecule is COC1CC(Oc2nc3ccc(OCC4CC(OC[C@H](C)NC(C)=O)C4)nc3s2)C1. The maximum Gasteiger partial charge on any atom is 0.276 e. The van der Waals surface area contributed by atoms with Crippen molar-refractivity contribution in [1.29, 1.82) is 0 Å². The van der Waals surface area contributed by atoms with Crippen LogP contribution in [-0.4, -0.2) is 60.6 Å². The van der Waals surface area contributed by atoms with E-state index in [0.29, 0.717) is 36.3 Å². The quantitative estimate of drug-likeness (QED) is 0.613. The average Bonchev–Trinajstić information content (AvgIpc) is 3.03. The second-order valence-corrected chi connectivity index (χ2v) is 9.17. The molecule has 0 unspecified atom stereocenters. The lowest BCUT2D eigenvalue weighted by atomic mass is 9.83. The van der Waals surface area contributed by atoms with E-state index in [1.165, 1.54) is 18.3 Å². The number of ether oxygens (including phenoxy) is 4. The minimum atomic E-state index is -0.0298. The second kappa shape index (κ2) is 9.45. The number of nitrogens with one attached hydrogen (secondary N) is 1. The van der Waals surface area contributed by atoms with Crippen LogP contribution < -0.4 is 14.8 Å². The van der Waals surface area contributed by atoms with E-state index in [-0.39, 0.29) is 24.2 Å².